The van der Waals surface area contributed by atoms with Gasteiger partial charge in [0.15, 0.2) is 0 Å². The van der Waals surface area contributed by atoms with E-state index in [0.29, 0.717) is 0 Å². The first kappa shape index (κ1) is 16.0. The van der Waals surface area contributed by atoms with E-state index < -0.39 is 0 Å². The van der Waals surface area contributed by atoms with Gasteiger partial charge in [-0.25, -0.2) is 4.68 Å². The summed E-state index contributed by atoms with van der Waals surface area (Å²) in [5.74, 6) is 0.779. The van der Waals surface area contributed by atoms with Crippen molar-refractivity contribution in [2.24, 2.45) is 0 Å². The summed E-state index contributed by atoms with van der Waals surface area (Å²) in [5, 5.41) is 12.0. The molecule has 114 valence electrons. The Morgan fingerprint density at radius 2 is 2.19 bits per heavy atom. The summed E-state index contributed by atoms with van der Waals surface area (Å²) in [4.78, 5) is 0. The third kappa shape index (κ3) is 3.44. The lowest BCUT2D eigenvalue weighted by Gasteiger charge is -2.12. The molecule has 1 N–H and O–H groups in total. The Morgan fingerprint density at radius 3 is 2.86 bits per heavy atom. The number of hydrogen-bond acceptors (Lipinski definition) is 4. The minimum Gasteiger partial charge on any atom is -0.495 e. The van der Waals surface area contributed by atoms with Gasteiger partial charge >= 0.3 is 0 Å². The van der Waals surface area contributed by atoms with E-state index in [1.807, 2.05) is 29.8 Å². The van der Waals surface area contributed by atoms with Crippen LogP contribution in [0.4, 0.5) is 0 Å². The van der Waals surface area contributed by atoms with Crippen LogP contribution in [0, 0.1) is 6.92 Å². The van der Waals surface area contributed by atoms with Gasteiger partial charge in [0, 0.05) is 6.07 Å². The van der Waals surface area contributed by atoms with E-state index in [9.17, 15) is 0 Å². The number of aromatic nitrogens is 3. The monoisotopic (exact) mass is 352 g/mol. The topological polar surface area (TPSA) is 52.0 Å². The maximum absolute atomic E-state index is 5.33. The number of nitrogens with one attached hydrogen (secondary N) is 1. The van der Waals surface area contributed by atoms with Crippen LogP contribution in [0.5, 0.6) is 5.75 Å². The Labute approximate surface area is 133 Å². The highest BCUT2D eigenvalue weighted by Crippen LogP contribution is 2.28. The minimum absolute atomic E-state index is 0.191. The molecule has 0 aliphatic rings. The molecule has 0 radical (unpaired) electrons. The second-order valence-corrected chi connectivity index (χ2v) is 5.82. The van der Waals surface area contributed by atoms with Gasteiger partial charge in [0.2, 0.25) is 0 Å². The summed E-state index contributed by atoms with van der Waals surface area (Å²) in [6.45, 7) is 7.27. The lowest BCUT2D eigenvalue weighted by molar-refractivity contribution is 0.412. The van der Waals surface area contributed by atoms with Crippen LogP contribution in [0.2, 0.25) is 0 Å². The Balaban J connectivity index is 2.31. The summed E-state index contributed by atoms with van der Waals surface area (Å²) in [6.07, 6.45) is 1.10. The maximum Gasteiger partial charge on any atom is 0.135 e. The molecule has 2 aromatic rings. The Bertz CT molecular complexity index is 612. The third-order valence-corrected chi connectivity index (χ3v) is 4.08. The first-order valence-corrected chi connectivity index (χ1v) is 7.87. The van der Waals surface area contributed by atoms with Gasteiger partial charge in [-0.1, -0.05) is 12.1 Å². The maximum atomic E-state index is 5.33. The zero-order valence-electron chi connectivity index (χ0n) is 12.9. The molecule has 0 spiro atoms. The van der Waals surface area contributed by atoms with Crippen molar-refractivity contribution in [2.45, 2.75) is 33.2 Å². The second-order valence-electron chi connectivity index (χ2n) is 4.97. The van der Waals surface area contributed by atoms with Crippen molar-refractivity contribution in [3.8, 4) is 11.4 Å². The summed E-state index contributed by atoms with van der Waals surface area (Å²) in [7, 11) is 1.65. The van der Waals surface area contributed by atoms with E-state index in [-0.39, 0.29) is 6.04 Å². The number of rotatable bonds is 6. The first-order valence-electron chi connectivity index (χ1n) is 7.08. The molecule has 1 aromatic heterocycles. The summed E-state index contributed by atoms with van der Waals surface area (Å²) in [6, 6.07) is 6.08. The molecule has 0 aliphatic carbocycles. The predicted octanol–water partition coefficient (Wildman–Crippen LogP) is 3.41. The van der Waals surface area contributed by atoms with Gasteiger partial charge in [0.05, 0.1) is 29.0 Å². The molecule has 1 atom stereocenters. The zero-order valence-corrected chi connectivity index (χ0v) is 14.4. The molecule has 0 fully saturated rings. The standard InChI is InChI=1S/C15H21BrN4O/c1-5-8-17-10(2)15-11(3)20(19-18-15)12-6-7-13(16)14(9-12)21-4/h6-7,9-10,17H,5,8H2,1-4H3. The van der Waals surface area contributed by atoms with Crippen molar-refractivity contribution in [2.75, 3.05) is 13.7 Å². The molecule has 1 aromatic carbocycles. The Morgan fingerprint density at radius 1 is 1.43 bits per heavy atom. The van der Waals surface area contributed by atoms with E-state index in [1.54, 1.807) is 7.11 Å². The van der Waals surface area contributed by atoms with Crippen LogP contribution in [0.25, 0.3) is 5.69 Å². The van der Waals surface area contributed by atoms with Crippen molar-refractivity contribution in [3.05, 3.63) is 34.1 Å². The van der Waals surface area contributed by atoms with Crippen molar-refractivity contribution in [1.82, 2.24) is 20.3 Å². The largest absolute Gasteiger partial charge is 0.495 e. The molecule has 21 heavy (non-hydrogen) atoms. The average molecular weight is 353 g/mol. The van der Waals surface area contributed by atoms with Crippen LogP contribution in [0.3, 0.4) is 0 Å². The minimum atomic E-state index is 0.191. The lowest BCUT2D eigenvalue weighted by atomic mass is 10.2. The van der Waals surface area contributed by atoms with Crippen LogP contribution >= 0.6 is 15.9 Å². The van der Waals surface area contributed by atoms with Crippen molar-refractivity contribution >= 4 is 15.9 Å². The first-order chi connectivity index (χ1) is 10.1. The molecular formula is C15H21BrN4O. The molecular weight excluding hydrogens is 332 g/mol. The molecule has 1 unspecified atom stereocenters. The van der Waals surface area contributed by atoms with Gasteiger partial charge in [-0.2, -0.15) is 0 Å². The fraction of sp³-hybridized carbons (Fsp3) is 0.467. The molecule has 1 heterocycles. The number of nitrogens with zero attached hydrogens (tertiary/aromatic N) is 3. The van der Waals surface area contributed by atoms with E-state index >= 15 is 0 Å². The molecule has 6 heteroatoms. The SMILES string of the molecule is CCCNC(C)c1nnn(-c2ccc(Br)c(OC)c2)c1C. The van der Waals surface area contributed by atoms with Crippen molar-refractivity contribution < 1.29 is 4.74 Å². The van der Waals surface area contributed by atoms with Crippen LogP contribution in [-0.4, -0.2) is 28.6 Å². The predicted molar refractivity (Wildman–Crippen MR) is 87.1 cm³/mol. The van der Waals surface area contributed by atoms with E-state index in [4.69, 9.17) is 4.74 Å². The number of halogens is 1. The van der Waals surface area contributed by atoms with E-state index in [2.05, 4.69) is 45.4 Å². The molecule has 0 saturated heterocycles. The van der Waals surface area contributed by atoms with E-state index in [1.165, 1.54) is 0 Å². The molecule has 0 bridgehead atoms. The van der Waals surface area contributed by atoms with Crippen molar-refractivity contribution in [3.63, 3.8) is 0 Å². The number of hydrogen-bond donors (Lipinski definition) is 1. The summed E-state index contributed by atoms with van der Waals surface area (Å²) >= 11 is 3.46. The second kappa shape index (κ2) is 7.04. The highest BCUT2D eigenvalue weighted by Gasteiger charge is 2.16. The third-order valence-electron chi connectivity index (χ3n) is 3.42. The van der Waals surface area contributed by atoms with Gasteiger partial charge in [0.25, 0.3) is 0 Å². The van der Waals surface area contributed by atoms with Crippen LogP contribution in [-0.2, 0) is 0 Å². The quantitative estimate of drug-likeness (QED) is 0.865. The van der Waals surface area contributed by atoms with Gasteiger partial charge in [-0.05, 0) is 54.9 Å². The van der Waals surface area contributed by atoms with E-state index in [0.717, 1.165) is 40.3 Å². The fourth-order valence-corrected chi connectivity index (χ4v) is 2.63. The number of ether oxygens (including phenoxy) is 1. The number of methoxy groups -OCH3 is 1. The van der Waals surface area contributed by atoms with Gasteiger partial charge in [0.1, 0.15) is 11.4 Å². The Hall–Kier alpha value is -1.40. The summed E-state index contributed by atoms with van der Waals surface area (Å²) in [5.41, 5.74) is 2.95. The molecule has 2 rings (SSSR count). The zero-order chi connectivity index (χ0) is 15.4. The molecule has 0 amide bonds. The molecule has 0 aliphatic heterocycles. The number of benzene rings is 1. The smallest absolute Gasteiger partial charge is 0.135 e. The van der Waals surface area contributed by atoms with Crippen LogP contribution in [0.1, 0.15) is 37.7 Å². The highest BCUT2D eigenvalue weighted by molar-refractivity contribution is 9.10. The highest BCUT2D eigenvalue weighted by atomic mass is 79.9. The molecule has 5 nitrogen and oxygen atoms in total. The summed E-state index contributed by atoms with van der Waals surface area (Å²) < 4.78 is 8.10. The van der Waals surface area contributed by atoms with Gasteiger partial charge < -0.3 is 10.1 Å². The average Bonchev–Trinajstić information content (AvgIpc) is 2.87. The van der Waals surface area contributed by atoms with Gasteiger partial charge in [-0.15, -0.1) is 5.10 Å². The lowest BCUT2D eigenvalue weighted by Crippen LogP contribution is -2.20. The Kier molecular flexibility index (Phi) is 5.36. The fourth-order valence-electron chi connectivity index (χ4n) is 2.22. The van der Waals surface area contributed by atoms with Gasteiger partial charge in [-0.3, -0.25) is 0 Å². The normalized spacial score (nSPS) is 12.4. The van der Waals surface area contributed by atoms with Crippen LogP contribution < -0.4 is 10.1 Å². The van der Waals surface area contributed by atoms with Crippen molar-refractivity contribution in [1.29, 1.82) is 0 Å². The molecule has 0 saturated carbocycles. The van der Waals surface area contributed by atoms with Crippen LogP contribution in [0.15, 0.2) is 22.7 Å².